The highest BCUT2D eigenvalue weighted by molar-refractivity contribution is 7.89. The van der Waals surface area contributed by atoms with E-state index in [0.29, 0.717) is 11.5 Å². The molecule has 3 amide bonds. The van der Waals surface area contributed by atoms with Crippen LogP contribution in [0.1, 0.15) is 27.1 Å². The molecule has 0 fully saturated rings. The van der Waals surface area contributed by atoms with Crippen LogP contribution in [-0.2, 0) is 14.8 Å². The summed E-state index contributed by atoms with van der Waals surface area (Å²) in [4.78, 5) is 38.5. The fourth-order valence-corrected chi connectivity index (χ4v) is 5.23. The SMILES string of the molecule is CN([C@@H](CCN1C(=O)c2ccccc2C1=O)C(=O)NO)S(=O)(=O)c1ccc(Oc2ccccc2)cc1. The molecule has 0 aromatic heterocycles. The molecular weight excluding hydrogens is 486 g/mol. The highest BCUT2D eigenvalue weighted by atomic mass is 32.2. The number of amides is 3. The van der Waals surface area contributed by atoms with E-state index < -0.39 is 33.8 Å². The van der Waals surface area contributed by atoms with Gasteiger partial charge in [0.25, 0.3) is 17.7 Å². The zero-order valence-electron chi connectivity index (χ0n) is 19.2. The second-order valence-corrected chi connectivity index (χ2v) is 9.99. The van der Waals surface area contributed by atoms with Gasteiger partial charge in [0.15, 0.2) is 0 Å². The normalized spacial score (nSPS) is 14.0. The predicted molar refractivity (Wildman–Crippen MR) is 128 cm³/mol. The summed E-state index contributed by atoms with van der Waals surface area (Å²) in [5, 5.41) is 9.22. The Balaban J connectivity index is 1.50. The molecule has 3 aromatic carbocycles. The molecule has 1 atom stereocenters. The zero-order valence-corrected chi connectivity index (χ0v) is 20.0. The number of para-hydroxylation sites is 1. The molecule has 0 saturated heterocycles. The number of hydrogen-bond donors (Lipinski definition) is 2. The van der Waals surface area contributed by atoms with Crippen LogP contribution in [-0.4, -0.2) is 60.2 Å². The van der Waals surface area contributed by atoms with E-state index in [1.807, 2.05) is 6.07 Å². The van der Waals surface area contributed by atoms with E-state index in [9.17, 15) is 28.0 Å². The van der Waals surface area contributed by atoms with E-state index in [1.54, 1.807) is 36.4 Å². The molecule has 0 aliphatic carbocycles. The smallest absolute Gasteiger partial charge is 0.261 e. The van der Waals surface area contributed by atoms with Gasteiger partial charge in [-0.05, 0) is 55.0 Å². The Labute approximate surface area is 207 Å². The minimum atomic E-state index is -4.19. The van der Waals surface area contributed by atoms with Crippen LogP contribution in [0.3, 0.4) is 0 Å². The predicted octanol–water partition coefficient (Wildman–Crippen LogP) is 2.66. The van der Waals surface area contributed by atoms with Crippen LogP contribution >= 0.6 is 0 Å². The molecule has 4 rings (SSSR count). The second kappa shape index (κ2) is 10.3. The number of rotatable bonds is 9. The lowest BCUT2D eigenvalue weighted by molar-refractivity contribution is -0.133. The summed E-state index contributed by atoms with van der Waals surface area (Å²) < 4.78 is 33.0. The lowest BCUT2D eigenvalue weighted by Crippen LogP contribution is -2.48. The van der Waals surface area contributed by atoms with Gasteiger partial charge < -0.3 is 4.74 Å². The maximum absolute atomic E-state index is 13.2. The first kappa shape index (κ1) is 25.0. The van der Waals surface area contributed by atoms with Crippen molar-refractivity contribution in [3.05, 3.63) is 90.0 Å². The Hall–Kier alpha value is -4.06. The van der Waals surface area contributed by atoms with Crippen LogP contribution in [0.4, 0.5) is 0 Å². The Kier molecular flexibility index (Phi) is 7.15. The number of carbonyl (C=O) groups excluding carboxylic acids is 3. The number of ether oxygens (including phenoxy) is 1. The summed E-state index contributed by atoms with van der Waals surface area (Å²) in [6.45, 7) is -0.228. The van der Waals surface area contributed by atoms with Crippen molar-refractivity contribution in [1.82, 2.24) is 14.7 Å². The van der Waals surface area contributed by atoms with E-state index in [4.69, 9.17) is 4.74 Å². The van der Waals surface area contributed by atoms with Crippen molar-refractivity contribution in [2.45, 2.75) is 17.4 Å². The molecule has 11 heteroatoms. The van der Waals surface area contributed by atoms with Crippen molar-refractivity contribution in [3.63, 3.8) is 0 Å². The molecule has 0 saturated carbocycles. The van der Waals surface area contributed by atoms with Crippen molar-refractivity contribution >= 4 is 27.7 Å². The molecule has 1 heterocycles. The maximum Gasteiger partial charge on any atom is 0.261 e. The summed E-state index contributed by atoms with van der Waals surface area (Å²) >= 11 is 0. The van der Waals surface area contributed by atoms with E-state index in [-0.39, 0.29) is 29.0 Å². The van der Waals surface area contributed by atoms with Crippen LogP contribution in [0.5, 0.6) is 11.5 Å². The standard InChI is InChI=1S/C25H23N3O7S/c1-27(36(33,34)19-13-11-18(12-14-19)35-17-7-3-2-4-8-17)22(23(29)26-32)15-16-28-24(30)20-9-5-6-10-21(20)25(28)31/h2-14,22,32H,15-16H2,1H3,(H,26,29)/t22-/m0/s1. The Morgan fingerprint density at radius 2 is 1.44 bits per heavy atom. The molecular formula is C25H23N3O7S. The maximum atomic E-state index is 13.2. The summed E-state index contributed by atoms with van der Waals surface area (Å²) in [6.07, 6.45) is -0.233. The number of sulfonamides is 1. The number of imide groups is 1. The highest BCUT2D eigenvalue weighted by Crippen LogP contribution is 2.26. The average molecular weight is 510 g/mol. The molecule has 36 heavy (non-hydrogen) atoms. The van der Waals surface area contributed by atoms with Crippen LogP contribution in [0, 0.1) is 0 Å². The van der Waals surface area contributed by atoms with E-state index in [1.165, 1.54) is 48.9 Å². The van der Waals surface area contributed by atoms with E-state index in [0.717, 1.165) is 9.21 Å². The van der Waals surface area contributed by atoms with Gasteiger partial charge in [-0.25, -0.2) is 13.9 Å². The lowest BCUT2D eigenvalue weighted by atomic mass is 10.1. The van der Waals surface area contributed by atoms with Crippen molar-refractivity contribution in [2.75, 3.05) is 13.6 Å². The van der Waals surface area contributed by atoms with Crippen LogP contribution in [0.25, 0.3) is 0 Å². The van der Waals surface area contributed by atoms with Crippen molar-refractivity contribution in [3.8, 4) is 11.5 Å². The molecule has 0 spiro atoms. The number of likely N-dealkylation sites (N-methyl/N-ethyl adjacent to an activating group) is 1. The number of benzene rings is 3. The minimum absolute atomic E-state index is 0.109. The molecule has 2 N–H and O–H groups in total. The number of hydrogen-bond acceptors (Lipinski definition) is 7. The van der Waals surface area contributed by atoms with Crippen LogP contribution in [0.15, 0.2) is 83.8 Å². The number of fused-ring (bicyclic) bond motifs is 1. The van der Waals surface area contributed by atoms with E-state index >= 15 is 0 Å². The van der Waals surface area contributed by atoms with Gasteiger partial charge in [0.1, 0.15) is 17.5 Å². The zero-order chi connectivity index (χ0) is 25.9. The second-order valence-electron chi connectivity index (χ2n) is 8.00. The topological polar surface area (TPSA) is 133 Å². The summed E-state index contributed by atoms with van der Waals surface area (Å²) in [5.41, 5.74) is 1.95. The van der Waals surface area contributed by atoms with Gasteiger partial charge in [-0.3, -0.25) is 24.5 Å². The third-order valence-electron chi connectivity index (χ3n) is 5.84. The van der Waals surface area contributed by atoms with Crippen molar-refractivity contribution < 1.29 is 32.7 Å². The van der Waals surface area contributed by atoms with E-state index in [2.05, 4.69) is 0 Å². The van der Waals surface area contributed by atoms with Gasteiger partial charge in [0, 0.05) is 13.6 Å². The Morgan fingerprint density at radius 1 is 0.917 bits per heavy atom. The molecule has 0 radical (unpaired) electrons. The van der Waals surface area contributed by atoms with Crippen molar-refractivity contribution in [1.29, 1.82) is 0 Å². The first-order chi connectivity index (χ1) is 17.2. The van der Waals surface area contributed by atoms with Gasteiger partial charge in [-0.15, -0.1) is 0 Å². The van der Waals surface area contributed by atoms with Crippen LogP contribution < -0.4 is 10.2 Å². The average Bonchev–Trinajstić information content (AvgIpc) is 3.14. The van der Waals surface area contributed by atoms with Gasteiger partial charge in [0.05, 0.1) is 16.0 Å². The summed E-state index contributed by atoms with van der Waals surface area (Å²) in [5.74, 6) is -1.06. The molecule has 1 aliphatic heterocycles. The molecule has 0 unspecified atom stereocenters. The molecule has 0 bridgehead atoms. The summed E-state index contributed by atoms with van der Waals surface area (Å²) in [7, 11) is -3.01. The fraction of sp³-hybridized carbons (Fsp3) is 0.160. The summed E-state index contributed by atoms with van der Waals surface area (Å²) in [6, 6.07) is 19.5. The molecule has 3 aromatic rings. The fourth-order valence-electron chi connectivity index (χ4n) is 3.88. The number of carbonyl (C=O) groups is 3. The molecule has 10 nitrogen and oxygen atoms in total. The number of hydroxylamine groups is 1. The lowest BCUT2D eigenvalue weighted by Gasteiger charge is -2.27. The third kappa shape index (κ3) is 4.85. The minimum Gasteiger partial charge on any atom is -0.457 e. The van der Waals surface area contributed by atoms with Gasteiger partial charge in [0.2, 0.25) is 10.0 Å². The van der Waals surface area contributed by atoms with Gasteiger partial charge in [-0.2, -0.15) is 4.31 Å². The highest BCUT2D eigenvalue weighted by Gasteiger charge is 2.38. The number of nitrogens with one attached hydrogen (secondary N) is 1. The first-order valence-electron chi connectivity index (χ1n) is 10.9. The largest absolute Gasteiger partial charge is 0.457 e. The van der Waals surface area contributed by atoms with Gasteiger partial charge in [-0.1, -0.05) is 30.3 Å². The quantitative estimate of drug-likeness (QED) is 0.257. The Morgan fingerprint density at radius 3 is 2.00 bits per heavy atom. The first-order valence-corrected chi connectivity index (χ1v) is 12.4. The van der Waals surface area contributed by atoms with Gasteiger partial charge >= 0.3 is 0 Å². The molecule has 186 valence electrons. The third-order valence-corrected chi connectivity index (χ3v) is 7.72. The van der Waals surface area contributed by atoms with Crippen LogP contribution in [0.2, 0.25) is 0 Å². The molecule has 1 aliphatic rings. The monoisotopic (exact) mass is 509 g/mol. The Bertz CT molecular complexity index is 1360. The number of nitrogens with zero attached hydrogens (tertiary/aromatic N) is 2. The van der Waals surface area contributed by atoms with Crippen molar-refractivity contribution in [2.24, 2.45) is 0 Å².